The fourth-order valence-electron chi connectivity index (χ4n) is 7.26. The predicted octanol–water partition coefficient (Wildman–Crippen LogP) is 10.4. The molecule has 1 aliphatic carbocycles. The maximum atomic E-state index is 5.21. The van der Waals surface area contributed by atoms with Crippen LogP contribution in [0.25, 0.3) is 72.2 Å². The maximum absolute atomic E-state index is 5.21. The van der Waals surface area contributed by atoms with E-state index in [1.54, 1.807) is 0 Å². The van der Waals surface area contributed by atoms with Gasteiger partial charge in [0.05, 0.1) is 16.7 Å². The van der Waals surface area contributed by atoms with Crippen LogP contribution in [0, 0.1) is 0 Å². The third kappa shape index (κ3) is 3.56. The number of fused-ring (bicyclic) bond motifs is 8. The van der Waals surface area contributed by atoms with Gasteiger partial charge in [-0.3, -0.25) is 4.57 Å². The molecule has 0 saturated carbocycles. The average Bonchev–Trinajstić information content (AvgIpc) is 3.52. The SMILES string of the molecule is CC1(C)c2ccccc2-c2c1ccc1cc3c(cc21)c1ccccc1n3-c1cc(-c2ccccc2)nc(-c2ccccc2)n1. The van der Waals surface area contributed by atoms with Crippen molar-refractivity contribution >= 4 is 32.6 Å². The molecule has 8 aromatic rings. The molecule has 1 aliphatic rings. The van der Waals surface area contributed by atoms with E-state index in [2.05, 4.69) is 134 Å². The zero-order valence-electron chi connectivity index (χ0n) is 24.6. The Morgan fingerprint density at radius 1 is 0.523 bits per heavy atom. The van der Waals surface area contributed by atoms with Crippen LogP contribution in [0.4, 0.5) is 0 Å². The van der Waals surface area contributed by atoms with Crippen LogP contribution < -0.4 is 0 Å². The summed E-state index contributed by atoms with van der Waals surface area (Å²) in [4.78, 5) is 10.3. The normalized spacial score (nSPS) is 13.4. The minimum atomic E-state index is -0.0360. The van der Waals surface area contributed by atoms with Crippen molar-refractivity contribution in [2.24, 2.45) is 0 Å². The van der Waals surface area contributed by atoms with Gasteiger partial charge < -0.3 is 0 Å². The van der Waals surface area contributed by atoms with E-state index in [0.717, 1.165) is 33.7 Å². The first-order valence-corrected chi connectivity index (χ1v) is 15.2. The molecule has 9 rings (SSSR count). The van der Waals surface area contributed by atoms with E-state index >= 15 is 0 Å². The Labute approximate surface area is 256 Å². The van der Waals surface area contributed by atoms with Gasteiger partial charge in [-0.05, 0) is 51.2 Å². The fraction of sp³-hybridized carbons (Fsp3) is 0.0732. The van der Waals surface area contributed by atoms with E-state index < -0.39 is 0 Å². The van der Waals surface area contributed by atoms with E-state index in [1.807, 2.05) is 24.3 Å². The summed E-state index contributed by atoms with van der Waals surface area (Å²) in [5.41, 5.74) is 10.7. The molecule has 0 aliphatic heterocycles. The predicted molar refractivity (Wildman–Crippen MR) is 182 cm³/mol. The molecule has 0 atom stereocenters. The highest BCUT2D eigenvalue weighted by atomic mass is 15.1. The number of para-hydroxylation sites is 1. The van der Waals surface area contributed by atoms with Crippen molar-refractivity contribution in [1.29, 1.82) is 0 Å². The average molecular weight is 564 g/mol. The maximum Gasteiger partial charge on any atom is 0.162 e. The molecule has 2 aromatic heterocycles. The molecule has 0 amide bonds. The van der Waals surface area contributed by atoms with Crippen molar-refractivity contribution < 1.29 is 0 Å². The highest BCUT2D eigenvalue weighted by Gasteiger charge is 2.36. The zero-order valence-corrected chi connectivity index (χ0v) is 24.6. The Hall–Kier alpha value is -5.54. The number of hydrogen-bond acceptors (Lipinski definition) is 2. The highest BCUT2D eigenvalue weighted by molar-refractivity contribution is 6.16. The number of aromatic nitrogens is 3. The lowest BCUT2D eigenvalue weighted by Gasteiger charge is -2.21. The van der Waals surface area contributed by atoms with Gasteiger partial charge in [0.2, 0.25) is 0 Å². The van der Waals surface area contributed by atoms with Crippen LogP contribution in [-0.4, -0.2) is 14.5 Å². The zero-order chi connectivity index (χ0) is 29.4. The van der Waals surface area contributed by atoms with Crippen LogP contribution in [0.3, 0.4) is 0 Å². The Bertz CT molecular complexity index is 2340. The van der Waals surface area contributed by atoms with Crippen molar-refractivity contribution in [2.45, 2.75) is 19.3 Å². The van der Waals surface area contributed by atoms with Gasteiger partial charge in [0.1, 0.15) is 5.82 Å². The number of benzene rings is 6. The van der Waals surface area contributed by atoms with Gasteiger partial charge in [-0.1, -0.05) is 129 Å². The molecule has 0 bridgehead atoms. The molecule has 3 nitrogen and oxygen atoms in total. The van der Waals surface area contributed by atoms with Crippen molar-refractivity contribution in [2.75, 3.05) is 0 Å². The lowest BCUT2D eigenvalue weighted by Crippen LogP contribution is -2.14. The Balaban J connectivity index is 1.37. The van der Waals surface area contributed by atoms with Gasteiger partial charge in [-0.25, -0.2) is 9.97 Å². The number of nitrogens with zero attached hydrogens (tertiary/aromatic N) is 3. The fourth-order valence-corrected chi connectivity index (χ4v) is 7.26. The van der Waals surface area contributed by atoms with Crippen molar-refractivity contribution in [3.05, 3.63) is 151 Å². The van der Waals surface area contributed by atoms with Gasteiger partial charge in [-0.2, -0.15) is 0 Å². The van der Waals surface area contributed by atoms with Gasteiger partial charge in [0.15, 0.2) is 5.82 Å². The Kier molecular flexibility index (Phi) is 5.24. The first kappa shape index (κ1) is 25.0. The summed E-state index contributed by atoms with van der Waals surface area (Å²) in [6.07, 6.45) is 0. The van der Waals surface area contributed by atoms with Crippen LogP contribution in [0.2, 0.25) is 0 Å². The second kappa shape index (κ2) is 9.23. The first-order chi connectivity index (χ1) is 21.6. The third-order valence-electron chi connectivity index (χ3n) is 9.40. The summed E-state index contributed by atoms with van der Waals surface area (Å²) in [5.74, 6) is 1.57. The number of rotatable bonds is 3. The van der Waals surface area contributed by atoms with Gasteiger partial charge in [0.25, 0.3) is 0 Å². The summed E-state index contributed by atoms with van der Waals surface area (Å²) in [6, 6.07) is 49.8. The molecular weight excluding hydrogens is 534 g/mol. The van der Waals surface area contributed by atoms with Gasteiger partial charge in [-0.15, -0.1) is 0 Å². The molecule has 0 N–H and O–H groups in total. The first-order valence-electron chi connectivity index (χ1n) is 15.2. The van der Waals surface area contributed by atoms with E-state index in [-0.39, 0.29) is 5.41 Å². The van der Waals surface area contributed by atoms with E-state index in [4.69, 9.17) is 9.97 Å². The van der Waals surface area contributed by atoms with E-state index in [9.17, 15) is 0 Å². The second-order valence-corrected chi connectivity index (χ2v) is 12.3. The molecule has 0 saturated heterocycles. The van der Waals surface area contributed by atoms with Crippen molar-refractivity contribution in [1.82, 2.24) is 14.5 Å². The molecule has 0 radical (unpaired) electrons. The molecule has 3 heteroatoms. The van der Waals surface area contributed by atoms with Crippen molar-refractivity contribution in [3.8, 4) is 39.6 Å². The lowest BCUT2D eigenvalue weighted by molar-refractivity contribution is 0.661. The smallest absolute Gasteiger partial charge is 0.162 e. The second-order valence-electron chi connectivity index (χ2n) is 12.3. The largest absolute Gasteiger partial charge is 0.294 e. The van der Waals surface area contributed by atoms with Crippen LogP contribution >= 0.6 is 0 Å². The highest BCUT2D eigenvalue weighted by Crippen LogP contribution is 2.52. The van der Waals surface area contributed by atoms with Crippen molar-refractivity contribution in [3.63, 3.8) is 0 Å². The van der Waals surface area contributed by atoms with E-state index in [0.29, 0.717) is 5.82 Å². The van der Waals surface area contributed by atoms with Crippen LogP contribution in [0.15, 0.2) is 140 Å². The molecule has 0 unspecified atom stereocenters. The Morgan fingerprint density at radius 3 is 2.05 bits per heavy atom. The lowest BCUT2D eigenvalue weighted by atomic mass is 9.82. The number of hydrogen-bond donors (Lipinski definition) is 0. The van der Waals surface area contributed by atoms with E-state index in [1.165, 1.54) is 43.8 Å². The monoisotopic (exact) mass is 563 g/mol. The summed E-state index contributed by atoms with van der Waals surface area (Å²) in [6.45, 7) is 4.69. The van der Waals surface area contributed by atoms with Gasteiger partial charge >= 0.3 is 0 Å². The molecule has 208 valence electrons. The topological polar surface area (TPSA) is 30.7 Å². The summed E-state index contributed by atoms with van der Waals surface area (Å²) in [7, 11) is 0. The third-order valence-corrected chi connectivity index (χ3v) is 9.40. The summed E-state index contributed by atoms with van der Waals surface area (Å²) in [5, 5.41) is 4.97. The molecule has 6 aromatic carbocycles. The summed E-state index contributed by atoms with van der Waals surface area (Å²) >= 11 is 0. The molecular formula is C41H29N3. The standard InChI is InChI=1S/C41H29N3/c1-41(2)33-19-11-9-18-30(33)39-31-24-32-29-17-10-12-20-36(29)44(37(32)23-28(31)21-22-34(39)41)38-25-35(26-13-5-3-6-14-26)42-40(43-38)27-15-7-4-8-16-27/h3-25H,1-2H3. The molecule has 0 fully saturated rings. The molecule has 2 heterocycles. The minimum Gasteiger partial charge on any atom is -0.294 e. The minimum absolute atomic E-state index is 0.0360. The summed E-state index contributed by atoms with van der Waals surface area (Å²) < 4.78 is 2.32. The van der Waals surface area contributed by atoms with Gasteiger partial charge in [0, 0.05) is 33.4 Å². The Morgan fingerprint density at radius 2 is 1.23 bits per heavy atom. The molecule has 44 heavy (non-hydrogen) atoms. The quantitative estimate of drug-likeness (QED) is 0.214. The van der Waals surface area contributed by atoms with Crippen LogP contribution in [0.5, 0.6) is 0 Å². The molecule has 0 spiro atoms. The van der Waals surface area contributed by atoms with Crippen LogP contribution in [-0.2, 0) is 5.41 Å². The van der Waals surface area contributed by atoms with Crippen LogP contribution in [0.1, 0.15) is 25.0 Å².